The molecule has 2 N–H and O–H groups in total. The molecule has 1 aromatic heterocycles. The van der Waals surface area contributed by atoms with Crippen molar-refractivity contribution in [2.75, 3.05) is 0 Å². The summed E-state index contributed by atoms with van der Waals surface area (Å²) in [5.41, 5.74) is 8.21. The van der Waals surface area contributed by atoms with E-state index >= 15 is 0 Å². The highest BCUT2D eigenvalue weighted by Gasteiger charge is 2.14. The van der Waals surface area contributed by atoms with E-state index in [2.05, 4.69) is 20.9 Å². The summed E-state index contributed by atoms with van der Waals surface area (Å²) in [6.45, 7) is 1.90. The number of nitrogens with zero attached hydrogens (tertiary/aromatic N) is 1. The zero-order valence-corrected chi connectivity index (χ0v) is 10.9. The topological polar surface area (TPSA) is 38.9 Å². The van der Waals surface area contributed by atoms with Gasteiger partial charge in [-0.05, 0) is 36.8 Å². The number of aryl methyl sites for hydroxylation is 1. The summed E-state index contributed by atoms with van der Waals surface area (Å²) in [4.78, 5) is 4.16. The van der Waals surface area contributed by atoms with Gasteiger partial charge in [0.05, 0.1) is 6.04 Å². The molecule has 0 saturated heterocycles. The van der Waals surface area contributed by atoms with Crippen molar-refractivity contribution in [1.82, 2.24) is 4.98 Å². The fourth-order valence-corrected chi connectivity index (χ4v) is 1.97. The molecule has 4 heteroatoms. The first kappa shape index (κ1) is 12.2. The molecule has 0 aliphatic carbocycles. The Bertz CT molecular complexity index is 525. The highest BCUT2D eigenvalue weighted by Crippen LogP contribution is 2.24. The fourth-order valence-electron chi connectivity index (χ4n) is 1.60. The van der Waals surface area contributed by atoms with E-state index in [4.69, 9.17) is 5.73 Å². The minimum atomic E-state index is -0.499. The Morgan fingerprint density at radius 1 is 1.29 bits per heavy atom. The number of nitrogens with two attached hydrogens (primary N) is 1. The molecule has 0 saturated carbocycles. The second-order valence-electron chi connectivity index (χ2n) is 3.88. The third-order valence-electron chi connectivity index (χ3n) is 2.59. The van der Waals surface area contributed by atoms with Crippen LogP contribution in [-0.4, -0.2) is 4.98 Å². The molecule has 0 radical (unpaired) electrons. The molecule has 1 aromatic carbocycles. The van der Waals surface area contributed by atoms with Crippen LogP contribution in [-0.2, 0) is 0 Å². The minimum Gasteiger partial charge on any atom is -0.320 e. The van der Waals surface area contributed by atoms with Gasteiger partial charge in [-0.1, -0.05) is 22.0 Å². The second-order valence-corrected chi connectivity index (χ2v) is 4.79. The first-order valence-electron chi connectivity index (χ1n) is 5.21. The van der Waals surface area contributed by atoms with Gasteiger partial charge in [-0.2, -0.15) is 0 Å². The van der Waals surface area contributed by atoms with Gasteiger partial charge in [-0.3, -0.25) is 4.98 Å². The zero-order chi connectivity index (χ0) is 12.4. The molecule has 88 valence electrons. The van der Waals surface area contributed by atoms with Crippen molar-refractivity contribution in [3.8, 4) is 0 Å². The summed E-state index contributed by atoms with van der Waals surface area (Å²) in [5.74, 6) is -0.304. The van der Waals surface area contributed by atoms with E-state index in [9.17, 15) is 4.39 Å². The number of pyridine rings is 1. The Morgan fingerprint density at radius 2 is 2.06 bits per heavy atom. The van der Waals surface area contributed by atoms with Crippen LogP contribution in [0.25, 0.3) is 0 Å². The standard InChI is InChI=1S/C13H12BrFN2/c1-8-2-3-9(7-17-8)13(16)11-6-10(14)4-5-12(11)15/h2-7,13H,16H2,1H3. The first-order chi connectivity index (χ1) is 8.08. The van der Waals surface area contributed by atoms with Gasteiger partial charge < -0.3 is 5.73 Å². The molecular weight excluding hydrogens is 283 g/mol. The SMILES string of the molecule is Cc1ccc(C(N)c2cc(Br)ccc2F)cn1. The van der Waals surface area contributed by atoms with Crippen LogP contribution >= 0.6 is 15.9 Å². The molecule has 1 heterocycles. The molecule has 17 heavy (non-hydrogen) atoms. The smallest absolute Gasteiger partial charge is 0.128 e. The Morgan fingerprint density at radius 3 is 2.71 bits per heavy atom. The Hall–Kier alpha value is -1.26. The third kappa shape index (κ3) is 2.70. The molecule has 0 bridgehead atoms. The summed E-state index contributed by atoms with van der Waals surface area (Å²) in [6.07, 6.45) is 1.68. The lowest BCUT2D eigenvalue weighted by Crippen LogP contribution is -2.14. The van der Waals surface area contributed by atoms with Crippen LogP contribution < -0.4 is 5.73 Å². The predicted octanol–water partition coefficient (Wildman–Crippen LogP) is 3.34. The average molecular weight is 295 g/mol. The van der Waals surface area contributed by atoms with E-state index in [-0.39, 0.29) is 5.82 Å². The van der Waals surface area contributed by atoms with Crippen LogP contribution in [0.1, 0.15) is 22.9 Å². The average Bonchev–Trinajstić information content (AvgIpc) is 2.32. The van der Waals surface area contributed by atoms with Gasteiger partial charge in [0.15, 0.2) is 0 Å². The summed E-state index contributed by atoms with van der Waals surface area (Å²) < 4.78 is 14.5. The predicted molar refractivity (Wildman–Crippen MR) is 69.1 cm³/mol. The van der Waals surface area contributed by atoms with Crippen molar-refractivity contribution in [3.05, 3.63) is 63.6 Å². The molecule has 0 amide bonds. The van der Waals surface area contributed by atoms with E-state index in [1.807, 2.05) is 19.1 Å². The van der Waals surface area contributed by atoms with Gasteiger partial charge in [0, 0.05) is 21.9 Å². The van der Waals surface area contributed by atoms with E-state index in [1.165, 1.54) is 6.07 Å². The normalized spacial score (nSPS) is 12.5. The molecular formula is C13H12BrFN2. The van der Waals surface area contributed by atoms with E-state index in [0.29, 0.717) is 5.56 Å². The van der Waals surface area contributed by atoms with Gasteiger partial charge in [0.1, 0.15) is 5.82 Å². The first-order valence-corrected chi connectivity index (χ1v) is 6.00. The quantitative estimate of drug-likeness (QED) is 0.923. The molecule has 2 rings (SSSR count). The number of halogens is 2. The summed E-state index contributed by atoms with van der Waals surface area (Å²) in [5, 5.41) is 0. The van der Waals surface area contributed by atoms with Crippen LogP contribution in [0.2, 0.25) is 0 Å². The Labute approximate surface area is 108 Å². The van der Waals surface area contributed by atoms with Crippen molar-refractivity contribution in [2.45, 2.75) is 13.0 Å². The number of benzene rings is 1. The minimum absolute atomic E-state index is 0.304. The number of aromatic nitrogens is 1. The van der Waals surface area contributed by atoms with E-state index in [1.54, 1.807) is 18.3 Å². The molecule has 1 atom stereocenters. The molecule has 2 nitrogen and oxygen atoms in total. The van der Waals surface area contributed by atoms with E-state index < -0.39 is 6.04 Å². The van der Waals surface area contributed by atoms with Gasteiger partial charge in [0.2, 0.25) is 0 Å². The van der Waals surface area contributed by atoms with Crippen molar-refractivity contribution >= 4 is 15.9 Å². The molecule has 0 fully saturated rings. The van der Waals surface area contributed by atoms with Gasteiger partial charge in [-0.25, -0.2) is 4.39 Å². The van der Waals surface area contributed by atoms with Gasteiger partial charge in [0.25, 0.3) is 0 Å². The molecule has 0 spiro atoms. The lowest BCUT2D eigenvalue weighted by molar-refractivity contribution is 0.599. The zero-order valence-electron chi connectivity index (χ0n) is 9.32. The fraction of sp³-hybridized carbons (Fsp3) is 0.154. The summed E-state index contributed by atoms with van der Waals surface area (Å²) in [7, 11) is 0. The highest BCUT2D eigenvalue weighted by atomic mass is 79.9. The van der Waals surface area contributed by atoms with Crippen LogP contribution in [0.4, 0.5) is 4.39 Å². The molecule has 2 aromatic rings. The maximum atomic E-state index is 13.7. The van der Waals surface area contributed by atoms with Crippen LogP contribution in [0.15, 0.2) is 41.0 Å². The molecule has 0 aliphatic rings. The monoisotopic (exact) mass is 294 g/mol. The van der Waals surface area contributed by atoms with Crippen molar-refractivity contribution in [3.63, 3.8) is 0 Å². The molecule has 1 unspecified atom stereocenters. The maximum absolute atomic E-state index is 13.7. The van der Waals surface area contributed by atoms with Gasteiger partial charge >= 0.3 is 0 Å². The van der Waals surface area contributed by atoms with Crippen molar-refractivity contribution in [2.24, 2.45) is 5.73 Å². The second kappa shape index (κ2) is 4.94. The van der Waals surface area contributed by atoms with Crippen LogP contribution in [0.3, 0.4) is 0 Å². The third-order valence-corrected chi connectivity index (χ3v) is 3.08. The largest absolute Gasteiger partial charge is 0.320 e. The number of hydrogen-bond acceptors (Lipinski definition) is 2. The van der Waals surface area contributed by atoms with Crippen molar-refractivity contribution < 1.29 is 4.39 Å². The molecule has 0 aliphatic heterocycles. The Kier molecular flexibility index (Phi) is 3.54. The summed E-state index contributed by atoms with van der Waals surface area (Å²) >= 11 is 3.31. The lowest BCUT2D eigenvalue weighted by Gasteiger charge is -2.13. The van der Waals surface area contributed by atoms with Crippen molar-refractivity contribution in [1.29, 1.82) is 0 Å². The highest BCUT2D eigenvalue weighted by molar-refractivity contribution is 9.10. The van der Waals surface area contributed by atoms with Crippen LogP contribution in [0, 0.1) is 12.7 Å². The Balaban J connectivity index is 2.39. The maximum Gasteiger partial charge on any atom is 0.128 e. The lowest BCUT2D eigenvalue weighted by atomic mass is 10.0. The van der Waals surface area contributed by atoms with Gasteiger partial charge in [-0.15, -0.1) is 0 Å². The van der Waals surface area contributed by atoms with Crippen LogP contribution in [0.5, 0.6) is 0 Å². The summed E-state index contributed by atoms with van der Waals surface area (Å²) in [6, 6.07) is 7.98. The van der Waals surface area contributed by atoms with E-state index in [0.717, 1.165) is 15.7 Å². The number of rotatable bonds is 2. The number of hydrogen-bond donors (Lipinski definition) is 1.